The molecular weight excluding hydrogens is 200 g/mol. The highest BCUT2D eigenvalue weighted by atomic mass is 16.1. The zero-order valence-electron chi connectivity index (χ0n) is 10.9. The van der Waals surface area contributed by atoms with E-state index in [1.54, 1.807) is 0 Å². The first-order chi connectivity index (χ1) is 7.30. The van der Waals surface area contributed by atoms with Crippen LogP contribution in [0.15, 0.2) is 22.3 Å². The number of carbonyl (C=O) groups excluding carboxylic acids is 1. The molecule has 0 aromatic carbocycles. The lowest BCUT2D eigenvalue weighted by atomic mass is 9.79. The van der Waals surface area contributed by atoms with Gasteiger partial charge in [-0.1, -0.05) is 18.1 Å². The number of hydrogen-bond acceptors (Lipinski definition) is 2. The van der Waals surface area contributed by atoms with Crippen molar-refractivity contribution in [2.24, 2.45) is 11.1 Å². The first kappa shape index (κ1) is 13.0. The van der Waals surface area contributed by atoms with Crippen molar-refractivity contribution in [1.82, 2.24) is 5.32 Å². The van der Waals surface area contributed by atoms with Gasteiger partial charge in [-0.25, -0.2) is 0 Å². The highest BCUT2D eigenvalue weighted by molar-refractivity contribution is 5.75. The lowest BCUT2D eigenvalue weighted by molar-refractivity contribution is -0.117. The van der Waals surface area contributed by atoms with Crippen LogP contribution in [0.1, 0.15) is 34.6 Å². The number of carbonyl (C=O) groups is 1. The third-order valence-corrected chi connectivity index (χ3v) is 4.12. The van der Waals surface area contributed by atoms with Crippen LogP contribution in [0.3, 0.4) is 0 Å². The third-order valence-electron chi connectivity index (χ3n) is 4.12. The largest absolute Gasteiger partial charge is 0.369 e. The summed E-state index contributed by atoms with van der Waals surface area (Å²) < 4.78 is 0. The molecular formula is C13H22N2O. The van der Waals surface area contributed by atoms with Crippen molar-refractivity contribution < 1.29 is 4.79 Å². The summed E-state index contributed by atoms with van der Waals surface area (Å²) in [5.41, 5.74) is 10.7. The Bertz CT molecular complexity index is 353. The molecule has 0 bridgehead atoms. The summed E-state index contributed by atoms with van der Waals surface area (Å²) in [5, 5.41) is 3.13. The van der Waals surface area contributed by atoms with E-state index >= 15 is 0 Å². The summed E-state index contributed by atoms with van der Waals surface area (Å²) in [6, 6.07) is 0. The second-order valence-electron chi connectivity index (χ2n) is 4.90. The number of amides is 1. The summed E-state index contributed by atoms with van der Waals surface area (Å²) >= 11 is 0. The Hall–Kier alpha value is -1.09. The van der Waals surface area contributed by atoms with E-state index in [4.69, 9.17) is 5.73 Å². The Morgan fingerprint density at radius 1 is 1.19 bits per heavy atom. The summed E-state index contributed by atoms with van der Waals surface area (Å²) in [7, 11) is 0. The van der Waals surface area contributed by atoms with Crippen LogP contribution in [0.25, 0.3) is 0 Å². The highest BCUT2D eigenvalue weighted by Crippen LogP contribution is 2.45. The van der Waals surface area contributed by atoms with Crippen molar-refractivity contribution in [2.75, 3.05) is 13.1 Å². The Kier molecular flexibility index (Phi) is 3.58. The molecule has 0 saturated heterocycles. The van der Waals surface area contributed by atoms with Crippen molar-refractivity contribution in [3.63, 3.8) is 0 Å². The minimum absolute atomic E-state index is 0.0314. The number of nitrogens with two attached hydrogens (primary N) is 1. The van der Waals surface area contributed by atoms with E-state index in [1.165, 1.54) is 22.3 Å². The van der Waals surface area contributed by atoms with Gasteiger partial charge in [-0.15, -0.1) is 0 Å². The maximum absolute atomic E-state index is 10.7. The monoisotopic (exact) mass is 222 g/mol. The molecule has 0 fully saturated rings. The first-order valence-electron chi connectivity index (χ1n) is 5.66. The van der Waals surface area contributed by atoms with Crippen molar-refractivity contribution in [1.29, 1.82) is 0 Å². The van der Waals surface area contributed by atoms with Crippen molar-refractivity contribution >= 4 is 5.91 Å². The van der Waals surface area contributed by atoms with Crippen LogP contribution < -0.4 is 11.1 Å². The van der Waals surface area contributed by atoms with Crippen LogP contribution in [-0.2, 0) is 4.79 Å². The number of hydrogen-bond donors (Lipinski definition) is 2. The maximum Gasteiger partial charge on any atom is 0.231 e. The van der Waals surface area contributed by atoms with Crippen molar-refractivity contribution in [2.45, 2.75) is 34.6 Å². The SMILES string of the molecule is CC1=C(C)C(C)(CNCC(N)=O)C(C)=C1C. The minimum Gasteiger partial charge on any atom is -0.369 e. The molecule has 16 heavy (non-hydrogen) atoms. The van der Waals surface area contributed by atoms with Crippen LogP contribution >= 0.6 is 0 Å². The van der Waals surface area contributed by atoms with E-state index in [2.05, 4.69) is 39.9 Å². The molecule has 1 amide bonds. The molecule has 0 radical (unpaired) electrons. The molecule has 0 aliphatic heterocycles. The molecule has 0 aromatic rings. The minimum atomic E-state index is -0.307. The molecule has 0 spiro atoms. The number of allylic oxidation sites excluding steroid dienone is 2. The molecule has 1 rings (SSSR count). The standard InChI is InChI=1S/C13H22N2O/c1-8-9(2)11(4)13(5,10(8)3)7-15-6-12(14)16/h15H,6-7H2,1-5H3,(H2,14,16). The van der Waals surface area contributed by atoms with E-state index in [0.717, 1.165) is 6.54 Å². The van der Waals surface area contributed by atoms with E-state index in [-0.39, 0.29) is 17.9 Å². The third kappa shape index (κ3) is 2.05. The number of primary amides is 1. The van der Waals surface area contributed by atoms with E-state index < -0.39 is 0 Å². The zero-order chi connectivity index (χ0) is 12.5. The molecule has 3 nitrogen and oxygen atoms in total. The van der Waals surface area contributed by atoms with Gasteiger partial charge < -0.3 is 11.1 Å². The van der Waals surface area contributed by atoms with E-state index in [0.29, 0.717) is 0 Å². The Balaban J connectivity index is 2.82. The Labute approximate surface area is 97.8 Å². The molecule has 0 unspecified atom stereocenters. The van der Waals surface area contributed by atoms with E-state index in [1.807, 2.05) is 0 Å². The van der Waals surface area contributed by atoms with Crippen LogP contribution in [0, 0.1) is 5.41 Å². The van der Waals surface area contributed by atoms with Gasteiger partial charge in [0.25, 0.3) is 0 Å². The second kappa shape index (κ2) is 4.42. The predicted molar refractivity (Wildman–Crippen MR) is 66.9 cm³/mol. The van der Waals surface area contributed by atoms with Crippen molar-refractivity contribution in [3.8, 4) is 0 Å². The smallest absolute Gasteiger partial charge is 0.231 e. The zero-order valence-corrected chi connectivity index (χ0v) is 10.9. The molecule has 0 atom stereocenters. The van der Waals surface area contributed by atoms with Crippen molar-refractivity contribution in [3.05, 3.63) is 22.3 Å². The first-order valence-corrected chi connectivity index (χ1v) is 5.66. The van der Waals surface area contributed by atoms with Gasteiger partial charge in [0.05, 0.1) is 6.54 Å². The molecule has 0 heterocycles. The molecule has 0 saturated carbocycles. The molecule has 0 aromatic heterocycles. The van der Waals surface area contributed by atoms with Crippen LogP contribution in [0.5, 0.6) is 0 Å². The fourth-order valence-corrected chi connectivity index (χ4v) is 2.37. The van der Waals surface area contributed by atoms with Gasteiger partial charge in [0, 0.05) is 12.0 Å². The summed E-state index contributed by atoms with van der Waals surface area (Å²) in [6.45, 7) is 11.9. The van der Waals surface area contributed by atoms with Gasteiger partial charge in [-0.2, -0.15) is 0 Å². The summed E-state index contributed by atoms with van der Waals surface area (Å²) in [5.74, 6) is -0.307. The van der Waals surface area contributed by atoms with Gasteiger partial charge in [-0.05, 0) is 38.8 Å². The van der Waals surface area contributed by atoms with Gasteiger partial charge in [0.2, 0.25) is 5.91 Å². The summed E-state index contributed by atoms with van der Waals surface area (Å²) in [4.78, 5) is 10.7. The van der Waals surface area contributed by atoms with Gasteiger partial charge >= 0.3 is 0 Å². The van der Waals surface area contributed by atoms with Crippen LogP contribution in [0.4, 0.5) is 0 Å². The highest BCUT2D eigenvalue weighted by Gasteiger charge is 2.35. The predicted octanol–water partition coefficient (Wildman–Crippen LogP) is 1.75. The van der Waals surface area contributed by atoms with Gasteiger partial charge in [0.15, 0.2) is 0 Å². The van der Waals surface area contributed by atoms with Gasteiger partial charge in [-0.3, -0.25) is 4.79 Å². The lowest BCUT2D eigenvalue weighted by Crippen LogP contribution is -2.37. The topological polar surface area (TPSA) is 55.1 Å². The average Bonchev–Trinajstić information content (AvgIpc) is 2.35. The molecule has 90 valence electrons. The molecule has 3 heteroatoms. The molecule has 3 N–H and O–H groups in total. The maximum atomic E-state index is 10.7. The fourth-order valence-electron chi connectivity index (χ4n) is 2.37. The lowest BCUT2D eigenvalue weighted by Gasteiger charge is -2.29. The molecule has 1 aliphatic rings. The normalized spacial score (nSPS) is 19.6. The van der Waals surface area contributed by atoms with Crippen LogP contribution in [-0.4, -0.2) is 19.0 Å². The van der Waals surface area contributed by atoms with Gasteiger partial charge in [0.1, 0.15) is 0 Å². The molecule has 1 aliphatic carbocycles. The van der Waals surface area contributed by atoms with Crippen LogP contribution in [0.2, 0.25) is 0 Å². The Morgan fingerprint density at radius 2 is 1.62 bits per heavy atom. The Morgan fingerprint density at radius 3 is 2.00 bits per heavy atom. The quantitative estimate of drug-likeness (QED) is 0.761. The number of rotatable bonds is 4. The summed E-state index contributed by atoms with van der Waals surface area (Å²) in [6.07, 6.45) is 0. The average molecular weight is 222 g/mol. The number of nitrogens with one attached hydrogen (secondary N) is 1. The second-order valence-corrected chi connectivity index (χ2v) is 4.90. The fraction of sp³-hybridized carbons (Fsp3) is 0.615. The van der Waals surface area contributed by atoms with E-state index in [9.17, 15) is 4.79 Å².